The van der Waals surface area contributed by atoms with Crippen molar-refractivity contribution in [3.63, 3.8) is 0 Å². The highest BCUT2D eigenvalue weighted by atomic mass is 32.1. The van der Waals surface area contributed by atoms with Gasteiger partial charge in [0.25, 0.3) is 0 Å². The molecule has 1 atom stereocenters. The smallest absolute Gasteiger partial charge is 0.0350 e. The van der Waals surface area contributed by atoms with E-state index in [9.17, 15) is 0 Å². The average molecular weight is 293 g/mol. The first-order chi connectivity index (χ1) is 9.73. The van der Waals surface area contributed by atoms with Crippen LogP contribution in [0, 0.1) is 0 Å². The molecule has 2 N–H and O–H groups in total. The quantitative estimate of drug-likeness (QED) is 0.905. The molecular formula is C16H27N3S. The van der Waals surface area contributed by atoms with E-state index in [2.05, 4.69) is 33.7 Å². The molecule has 0 aromatic carbocycles. The van der Waals surface area contributed by atoms with Crippen molar-refractivity contribution in [3.05, 3.63) is 22.4 Å². The van der Waals surface area contributed by atoms with Crippen LogP contribution in [-0.2, 0) is 6.54 Å². The summed E-state index contributed by atoms with van der Waals surface area (Å²) in [5.41, 5.74) is 7.99. The third-order valence-electron chi connectivity index (χ3n) is 5.05. The number of rotatable bonds is 5. The van der Waals surface area contributed by atoms with Crippen LogP contribution in [0.4, 0.5) is 0 Å². The van der Waals surface area contributed by atoms with Crippen molar-refractivity contribution >= 4 is 11.3 Å². The largest absolute Gasteiger partial charge is 0.329 e. The van der Waals surface area contributed by atoms with Crippen LogP contribution in [-0.4, -0.2) is 48.1 Å². The number of hydrogen-bond acceptors (Lipinski definition) is 4. The molecule has 1 aromatic rings. The molecular weight excluding hydrogens is 266 g/mol. The molecule has 3 nitrogen and oxygen atoms in total. The Morgan fingerprint density at radius 2 is 2.25 bits per heavy atom. The number of thiophene rings is 1. The SMILES string of the molecule is CN1CCCC(CN)(N(Cc2ccsc2)C2CC2)CC1. The predicted octanol–water partition coefficient (Wildman–Crippen LogP) is 2.53. The van der Waals surface area contributed by atoms with Gasteiger partial charge in [0.2, 0.25) is 0 Å². The zero-order chi connectivity index (χ0) is 14.0. The molecule has 20 heavy (non-hydrogen) atoms. The lowest BCUT2D eigenvalue weighted by Crippen LogP contribution is -2.54. The minimum atomic E-state index is 0.230. The molecule has 0 amide bonds. The van der Waals surface area contributed by atoms with Crippen LogP contribution >= 0.6 is 11.3 Å². The molecule has 4 heteroatoms. The summed E-state index contributed by atoms with van der Waals surface area (Å²) in [6.45, 7) is 4.30. The van der Waals surface area contributed by atoms with E-state index in [1.54, 1.807) is 11.3 Å². The molecule has 2 fully saturated rings. The minimum absolute atomic E-state index is 0.230. The molecule has 0 radical (unpaired) electrons. The van der Waals surface area contributed by atoms with Crippen molar-refractivity contribution in [2.45, 2.75) is 50.2 Å². The summed E-state index contributed by atoms with van der Waals surface area (Å²) >= 11 is 1.81. The predicted molar refractivity (Wildman–Crippen MR) is 86.0 cm³/mol. The van der Waals surface area contributed by atoms with Crippen molar-refractivity contribution in [1.82, 2.24) is 9.80 Å². The summed E-state index contributed by atoms with van der Waals surface area (Å²) in [6.07, 6.45) is 6.49. The fourth-order valence-electron chi connectivity index (χ4n) is 3.57. The molecule has 1 saturated carbocycles. The van der Waals surface area contributed by atoms with Crippen LogP contribution in [0.1, 0.15) is 37.7 Å². The van der Waals surface area contributed by atoms with Gasteiger partial charge in [-0.25, -0.2) is 0 Å². The summed E-state index contributed by atoms with van der Waals surface area (Å²) < 4.78 is 0. The molecule has 1 aliphatic carbocycles. The normalized spacial score (nSPS) is 28.8. The van der Waals surface area contributed by atoms with E-state index in [1.807, 2.05) is 0 Å². The van der Waals surface area contributed by atoms with Gasteiger partial charge in [0.05, 0.1) is 0 Å². The van der Waals surface area contributed by atoms with Crippen LogP contribution in [0.2, 0.25) is 0 Å². The van der Waals surface area contributed by atoms with Crippen molar-refractivity contribution in [1.29, 1.82) is 0 Å². The Morgan fingerprint density at radius 1 is 1.40 bits per heavy atom. The number of hydrogen-bond donors (Lipinski definition) is 1. The van der Waals surface area contributed by atoms with Gasteiger partial charge in [0.15, 0.2) is 0 Å². The maximum atomic E-state index is 6.29. The zero-order valence-corrected chi connectivity index (χ0v) is 13.4. The van der Waals surface area contributed by atoms with Crippen molar-refractivity contribution in [2.24, 2.45) is 5.73 Å². The van der Waals surface area contributed by atoms with E-state index in [4.69, 9.17) is 5.73 Å². The van der Waals surface area contributed by atoms with Crippen molar-refractivity contribution < 1.29 is 0 Å². The first-order valence-corrected chi connectivity index (χ1v) is 8.84. The molecule has 1 unspecified atom stereocenters. The van der Waals surface area contributed by atoms with Crippen LogP contribution in [0.5, 0.6) is 0 Å². The molecule has 1 saturated heterocycles. The molecule has 0 bridgehead atoms. The number of nitrogens with two attached hydrogens (primary N) is 1. The Bertz CT molecular complexity index is 415. The van der Waals surface area contributed by atoms with E-state index >= 15 is 0 Å². The molecule has 3 rings (SSSR count). The first kappa shape index (κ1) is 14.5. The van der Waals surface area contributed by atoms with Gasteiger partial charge >= 0.3 is 0 Å². The third-order valence-corrected chi connectivity index (χ3v) is 5.78. The van der Waals surface area contributed by atoms with E-state index in [1.165, 1.54) is 50.8 Å². The average Bonchev–Trinajstić information content (AvgIpc) is 3.20. The van der Waals surface area contributed by atoms with Crippen molar-refractivity contribution in [3.8, 4) is 0 Å². The second-order valence-corrected chi connectivity index (χ2v) is 7.36. The summed E-state index contributed by atoms with van der Waals surface area (Å²) in [6, 6.07) is 3.05. The Kier molecular flexibility index (Phi) is 4.46. The van der Waals surface area contributed by atoms with Crippen LogP contribution in [0.15, 0.2) is 16.8 Å². The second-order valence-electron chi connectivity index (χ2n) is 6.58. The lowest BCUT2D eigenvalue weighted by atomic mass is 9.87. The summed E-state index contributed by atoms with van der Waals surface area (Å²) in [5, 5.41) is 4.48. The standard InChI is InChI=1S/C16H27N3S/c1-18-8-2-6-16(13-17,7-9-18)19(15-3-4-15)11-14-5-10-20-12-14/h5,10,12,15H,2-4,6-9,11,13,17H2,1H3. The lowest BCUT2D eigenvalue weighted by molar-refractivity contribution is 0.0620. The summed E-state index contributed by atoms with van der Waals surface area (Å²) in [5.74, 6) is 0. The molecule has 1 aromatic heterocycles. The maximum absolute atomic E-state index is 6.29. The fourth-order valence-corrected chi connectivity index (χ4v) is 4.23. The van der Waals surface area contributed by atoms with Gasteiger partial charge in [0.1, 0.15) is 0 Å². The van der Waals surface area contributed by atoms with Gasteiger partial charge in [-0.3, -0.25) is 4.90 Å². The number of nitrogens with zero attached hydrogens (tertiary/aromatic N) is 2. The lowest BCUT2D eigenvalue weighted by Gasteiger charge is -2.43. The maximum Gasteiger partial charge on any atom is 0.0350 e. The Morgan fingerprint density at radius 3 is 2.90 bits per heavy atom. The van der Waals surface area contributed by atoms with Crippen LogP contribution < -0.4 is 5.73 Å². The van der Waals surface area contributed by atoms with Gasteiger partial charge in [-0.1, -0.05) is 0 Å². The van der Waals surface area contributed by atoms with Gasteiger partial charge in [0, 0.05) is 24.7 Å². The van der Waals surface area contributed by atoms with Gasteiger partial charge in [-0.2, -0.15) is 11.3 Å². The molecule has 2 aliphatic rings. The summed E-state index contributed by atoms with van der Waals surface area (Å²) in [4.78, 5) is 5.22. The van der Waals surface area contributed by atoms with Crippen LogP contribution in [0.3, 0.4) is 0 Å². The van der Waals surface area contributed by atoms with E-state index in [0.717, 1.165) is 19.1 Å². The second kappa shape index (κ2) is 6.14. The van der Waals surface area contributed by atoms with E-state index in [0.29, 0.717) is 0 Å². The molecule has 112 valence electrons. The highest BCUT2D eigenvalue weighted by molar-refractivity contribution is 7.07. The van der Waals surface area contributed by atoms with E-state index < -0.39 is 0 Å². The third kappa shape index (κ3) is 3.08. The minimum Gasteiger partial charge on any atom is -0.329 e. The highest BCUT2D eigenvalue weighted by Gasteiger charge is 2.43. The highest BCUT2D eigenvalue weighted by Crippen LogP contribution is 2.39. The molecule has 2 heterocycles. The topological polar surface area (TPSA) is 32.5 Å². The molecule has 1 aliphatic heterocycles. The Hall–Kier alpha value is -0.420. The fraction of sp³-hybridized carbons (Fsp3) is 0.750. The van der Waals surface area contributed by atoms with Crippen LogP contribution in [0.25, 0.3) is 0 Å². The number of likely N-dealkylation sites (tertiary alicyclic amines) is 1. The van der Waals surface area contributed by atoms with Gasteiger partial charge in [-0.15, -0.1) is 0 Å². The van der Waals surface area contributed by atoms with Gasteiger partial charge in [-0.05, 0) is 74.6 Å². The zero-order valence-electron chi connectivity index (χ0n) is 12.6. The Balaban J connectivity index is 1.79. The Labute approximate surface area is 126 Å². The first-order valence-electron chi connectivity index (χ1n) is 7.90. The monoisotopic (exact) mass is 293 g/mol. The van der Waals surface area contributed by atoms with Crippen molar-refractivity contribution in [2.75, 3.05) is 26.7 Å². The van der Waals surface area contributed by atoms with Gasteiger partial charge < -0.3 is 10.6 Å². The van der Waals surface area contributed by atoms with E-state index in [-0.39, 0.29) is 5.54 Å². The molecule has 0 spiro atoms. The summed E-state index contributed by atoms with van der Waals surface area (Å²) in [7, 11) is 2.24.